The lowest BCUT2D eigenvalue weighted by molar-refractivity contribution is -0.141. The largest absolute Gasteiger partial charge is 0.460 e. The van der Waals surface area contributed by atoms with Crippen LogP contribution in [0.25, 0.3) is 56.5 Å². The second-order valence-corrected chi connectivity index (χ2v) is 12.5. The monoisotopic (exact) mass is 758 g/mol. The maximum Gasteiger partial charge on any atom is 0.433 e. The molecule has 0 amide bonds. The van der Waals surface area contributed by atoms with Gasteiger partial charge in [0.25, 0.3) is 5.95 Å². The maximum atomic E-state index is 13.8. The summed E-state index contributed by atoms with van der Waals surface area (Å²) in [7, 11) is 0. The quantitative estimate of drug-likeness (QED) is 0.151. The number of halogens is 4. The number of rotatable bonds is 8. The van der Waals surface area contributed by atoms with E-state index in [1.54, 1.807) is 32.0 Å². The van der Waals surface area contributed by atoms with Crippen molar-refractivity contribution < 1.29 is 31.8 Å². The number of nitrogens with two attached hydrogens (primary N) is 2. The summed E-state index contributed by atoms with van der Waals surface area (Å²) >= 11 is 6.35. The third-order valence-electron chi connectivity index (χ3n) is 8.13. The fraction of sp³-hybridized carbons (Fsp3) is 0.176. The van der Waals surface area contributed by atoms with Crippen molar-refractivity contribution in [3.63, 3.8) is 0 Å². The Bertz CT molecular complexity index is 2730. The van der Waals surface area contributed by atoms with Crippen LogP contribution in [-0.2, 0) is 19.4 Å². The number of nitrogens with zero attached hydrogens (tertiary/aromatic N) is 10. The van der Waals surface area contributed by atoms with E-state index in [4.69, 9.17) is 41.6 Å². The summed E-state index contributed by atoms with van der Waals surface area (Å²) in [4.78, 5) is 25.9. The van der Waals surface area contributed by atoms with Gasteiger partial charge in [-0.25, -0.2) is 29.9 Å². The molecule has 0 aliphatic carbocycles. The first-order valence-corrected chi connectivity index (χ1v) is 16.3. The van der Waals surface area contributed by atoms with Gasteiger partial charge in [-0.05, 0) is 74.4 Å². The van der Waals surface area contributed by atoms with Crippen molar-refractivity contribution in [3.8, 4) is 51.1 Å². The molecular formula is C34H26ClF3N12O4. The highest BCUT2D eigenvalue weighted by molar-refractivity contribution is 6.29. The second kappa shape index (κ2) is 12.8. The van der Waals surface area contributed by atoms with Gasteiger partial charge in [-0.15, -0.1) is 10.2 Å². The van der Waals surface area contributed by atoms with Crippen LogP contribution < -0.4 is 16.2 Å². The number of fused-ring (bicyclic) bond motifs is 2. The van der Waals surface area contributed by atoms with Crippen LogP contribution in [0.3, 0.4) is 0 Å². The number of aliphatic hydroxyl groups is 1. The Balaban J connectivity index is 1.18. The fourth-order valence-electron chi connectivity index (χ4n) is 5.97. The summed E-state index contributed by atoms with van der Waals surface area (Å²) in [6.45, 7) is 4.27. The van der Waals surface area contributed by atoms with Crippen molar-refractivity contribution in [2.24, 2.45) is 0 Å². The van der Waals surface area contributed by atoms with Crippen LogP contribution in [0.5, 0.6) is 5.95 Å². The Morgan fingerprint density at radius 2 is 1.31 bits per heavy atom. The first-order valence-electron chi connectivity index (χ1n) is 16.0. The molecule has 0 aliphatic rings. The molecule has 5 N–H and O–H groups in total. The summed E-state index contributed by atoms with van der Waals surface area (Å²) in [6, 6.07) is 12.3. The molecule has 0 atom stereocenters. The summed E-state index contributed by atoms with van der Waals surface area (Å²) < 4.78 is 61.9. The Kier molecular flexibility index (Phi) is 8.18. The lowest BCUT2D eigenvalue weighted by Gasteiger charge is -2.13. The van der Waals surface area contributed by atoms with Crippen molar-refractivity contribution in [3.05, 3.63) is 88.2 Å². The van der Waals surface area contributed by atoms with Crippen LogP contribution in [0.2, 0.25) is 5.15 Å². The maximum absolute atomic E-state index is 13.8. The van der Waals surface area contributed by atoms with Gasteiger partial charge < -0.3 is 30.1 Å². The average Bonchev–Trinajstić information content (AvgIpc) is 3.92. The highest BCUT2D eigenvalue weighted by Crippen LogP contribution is 2.40. The normalized spacial score (nSPS) is 12.0. The van der Waals surface area contributed by atoms with Gasteiger partial charge in [0.1, 0.15) is 34.6 Å². The SMILES string of the molecule is Cc1cc(-c2c(-c3ccc(C)o3)nc(N)n3nc(COc4ccc(-c5nc(N)n6nc(CO)nc6c5-c5cc(C)nc(C(F)(F)F)c5)o4)nc23)cc(Cl)n1. The van der Waals surface area contributed by atoms with E-state index in [2.05, 4.69) is 35.1 Å². The van der Waals surface area contributed by atoms with Crippen LogP contribution >= 0.6 is 11.6 Å². The van der Waals surface area contributed by atoms with Crippen molar-refractivity contribution >= 4 is 34.8 Å². The van der Waals surface area contributed by atoms with Crippen LogP contribution in [0.15, 0.2) is 57.4 Å². The molecule has 0 fully saturated rings. The Labute approximate surface area is 306 Å². The molecule has 8 heterocycles. The fourth-order valence-corrected chi connectivity index (χ4v) is 6.22. The number of furan rings is 2. The predicted octanol–water partition coefficient (Wildman–Crippen LogP) is 6.04. The molecule has 0 saturated carbocycles. The highest BCUT2D eigenvalue weighted by atomic mass is 35.5. The standard InChI is InChI=1S/C34H26ClF3N12O4/c1-14-8-17(10-21(41-14)34(36,37)38)26-29(46-32(39)49-30(26)43-23(12-51)47-49)20-6-7-25(54-20)52-13-24-44-31-27(18-9-15(2)42-22(35)11-18)28(19-5-4-16(3)53-19)45-33(40)50(31)48-24/h4-11,51H,12-13H2,1-3H3,(H2,39,46)(H2,40,45). The van der Waals surface area contributed by atoms with E-state index in [1.165, 1.54) is 29.6 Å². The van der Waals surface area contributed by atoms with Crippen LogP contribution in [-0.4, -0.2) is 54.2 Å². The van der Waals surface area contributed by atoms with Gasteiger partial charge in [0, 0.05) is 17.5 Å². The zero-order chi connectivity index (χ0) is 38.1. The van der Waals surface area contributed by atoms with Crippen molar-refractivity contribution in [1.82, 2.24) is 49.1 Å². The van der Waals surface area contributed by atoms with E-state index in [0.29, 0.717) is 39.7 Å². The molecule has 274 valence electrons. The average molecular weight is 759 g/mol. The molecule has 16 nitrogen and oxygen atoms in total. The highest BCUT2D eigenvalue weighted by Gasteiger charge is 2.34. The summed E-state index contributed by atoms with van der Waals surface area (Å²) in [5, 5.41) is 18.6. The lowest BCUT2D eigenvalue weighted by Crippen LogP contribution is -2.10. The zero-order valence-electron chi connectivity index (χ0n) is 28.3. The Hall–Kier alpha value is -6.60. The molecule has 0 spiro atoms. The third kappa shape index (κ3) is 6.17. The number of aryl methyl sites for hydroxylation is 3. The first kappa shape index (κ1) is 34.5. The van der Waals surface area contributed by atoms with Crippen molar-refractivity contribution in [1.29, 1.82) is 0 Å². The number of pyridine rings is 2. The Morgan fingerprint density at radius 1 is 0.741 bits per heavy atom. The minimum absolute atomic E-state index is 0.0101. The van der Waals surface area contributed by atoms with Crippen molar-refractivity contribution in [2.45, 2.75) is 40.2 Å². The molecule has 54 heavy (non-hydrogen) atoms. The topological polar surface area (TPSA) is 220 Å². The second-order valence-electron chi connectivity index (χ2n) is 12.1. The molecule has 0 aliphatic heterocycles. The number of aliphatic hydroxyl groups excluding tert-OH is 1. The van der Waals surface area contributed by atoms with E-state index >= 15 is 0 Å². The molecule has 8 aromatic rings. The van der Waals surface area contributed by atoms with E-state index in [9.17, 15) is 18.3 Å². The summed E-state index contributed by atoms with van der Waals surface area (Å²) in [5.74, 6) is 1.21. The van der Waals surface area contributed by atoms with E-state index in [-0.39, 0.29) is 75.2 Å². The van der Waals surface area contributed by atoms with Gasteiger partial charge in [-0.3, -0.25) is 0 Å². The third-order valence-corrected chi connectivity index (χ3v) is 8.32. The number of alkyl halides is 3. The molecule has 20 heteroatoms. The Morgan fingerprint density at radius 3 is 1.91 bits per heavy atom. The molecule has 0 aromatic carbocycles. The van der Waals surface area contributed by atoms with E-state index < -0.39 is 18.5 Å². The van der Waals surface area contributed by atoms with E-state index in [1.807, 2.05) is 6.07 Å². The number of hydrogen-bond acceptors (Lipinski definition) is 14. The zero-order valence-corrected chi connectivity index (χ0v) is 29.1. The molecule has 0 bridgehead atoms. The lowest BCUT2D eigenvalue weighted by atomic mass is 10.0. The van der Waals surface area contributed by atoms with Crippen LogP contribution in [0.1, 0.15) is 34.5 Å². The number of anilines is 2. The summed E-state index contributed by atoms with van der Waals surface area (Å²) in [6.07, 6.45) is -4.74. The van der Waals surface area contributed by atoms with Gasteiger partial charge in [0.2, 0.25) is 11.9 Å². The molecule has 0 radical (unpaired) electrons. The van der Waals surface area contributed by atoms with Crippen LogP contribution in [0.4, 0.5) is 25.1 Å². The van der Waals surface area contributed by atoms with Crippen molar-refractivity contribution in [2.75, 3.05) is 11.5 Å². The minimum atomic E-state index is -4.74. The molecule has 0 unspecified atom stereocenters. The molecule has 0 saturated heterocycles. The smallest absolute Gasteiger partial charge is 0.433 e. The number of hydrogen-bond donors (Lipinski definition) is 3. The first-order chi connectivity index (χ1) is 25.7. The van der Waals surface area contributed by atoms with Crippen LogP contribution in [0, 0.1) is 20.8 Å². The summed E-state index contributed by atoms with van der Waals surface area (Å²) in [5.41, 5.74) is 14.3. The van der Waals surface area contributed by atoms with Gasteiger partial charge in [-0.2, -0.15) is 22.2 Å². The number of nitrogen functional groups attached to an aromatic ring is 2. The number of ether oxygens (including phenoxy) is 1. The molecular weight excluding hydrogens is 733 g/mol. The predicted molar refractivity (Wildman–Crippen MR) is 187 cm³/mol. The van der Waals surface area contributed by atoms with E-state index in [0.717, 1.165) is 10.6 Å². The number of aromatic nitrogens is 10. The van der Waals surface area contributed by atoms with Gasteiger partial charge in [0.05, 0.1) is 11.1 Å². The van der Waals surface area contributed by atoms with Gasteiger partial charge in [0.15, 0.2) is 41.1 Å². The molecule has 8 rings (SSSR count). The van der Waals surface area contributed by atoms with Gasteiger partial charge >= 0.3 is 6.18 Å². The minimum Gasteiger partial charge on any atom is -0.460 e. The van der Waals surface area contributed by atoms with Gasteiger partial charge in [-0.1, -0.05) is 11.6 Å². The molecule has 8 aromatic heterocycles.